The Balaban J connectivity index is 1.57. The number of nitrogen functional groups attached to an aromatic ring is 1. The summed E-state index contributed by atoms with van der Waals surface area (Å²) in [6, 6.07) is 0.387. The van der Waals surface area contributed by atoms with Crippen molar-refractivity contribution in [1.29, 1.82) is 0 Å². The van der Waals surface area contributed by atoms with Gasteiger partial charge in [0.15, 0.2) is 5.82 Å². The molecule has 1 aromatic heterocycles. The molecule has 1 atom stereocenters. The molecule has 0 spiro atoms. The Kier molecular flexibility index (Phi) is 3.07. The van der Waals surface area contributed by atoms with Crippen LogP contribution in [-0.2, 0) is 0 Å². The lowest BCUT2D eigenvalue weighted by Crippen LogP contribution is -2.53. The van der Waals surface area contributed by atoms with Crippen LogP contribution in [0.1, 0.15) is 45.4 Å². The molecule has 4 saturated carbocycles. The van der Waals surface area contributed by atoms with E-state index in [-0.39, 0.29) is 0 Å². The maximum atomic E-state index is 6.23. The Bertz CT molecular complexity index is 524. The third-order valence-corrected chi connectivity index (χ3v) is 6.55. The topological polar surface area (TPSA) is 63.8 Å². The van der Waals surface area contributed by atoms with E-state index in [9.17, 15) is 0 Å². The van der Waals surface area contributed by atoms with Gasteiger partial charge in [0.25, 0.3) is 0 Å². The summed E-state index contributed by atoms with van der Waals surface area (Å²) in [4.78, 5) is 8.21. The van der Waals surface area contributed by atoms with Crippen LogP contribution in [-0.4, -0.2) is 16.0 Å². The minimum Gasteiger partial charge on any atom is -0.382 e. The van der Waals surface area contributed by atoms with Crippen LogP contribution in [0.3, 0.4) is 0 Å². The van der Waals surface area contributed by atoms with Gasteiger partial charge in [-0.05, 0) is 68.6 Å². The number of halogens is 1. The molecule has 0 aromatic carbocycles. The minimum absolute atomic E-state index is 0.354. The fourth-order valence-corrected chi connectivity index (χ4v) is 5.70. The maximum Gasteiger partial charge on any atom is 0.150 e. The fourth-order valence-electron chi connectivity index (χ4n) is 5.55. The van der Waals surface area contributed by atoms with E-state index < -0.39 is 0 Å². The van der Waals surface area contributed by atoms with Crippen LogP contribution < -0.4 is 11.1 Å². The number of hydrogen-bond donors (Lipinski definition) is 2. The lowest BCUT2D eigenvalue weighted by molar-refractivity contribution is -0.0603. The highest BCUT2D eigenvalue weighted by molar-refractivity contribution is 6.35. The van der Waals surface area contributed by atoms with Crippen molar-refractivity contribution in [2.24, 2.45) is 23.2 Å². The van der Waals surface area contributed by atoms with Crippen molar-refractivity contribution in [3.8, 4) is 0 Å². The van der Waals surface area contributed by atoms with Gasteiger partial charge in [-0.3, -0.25) is 0 Å². The Morgan fingerprint density at radius 2 is 1.76 bits per heavy atom. The van der Waals surface area contributed by atoms with Crippen LogP contribution in [0.25, 0.3) is 0 Å². The zero-order valence-electron chi connectivity index (χ0n) is 12.5. The zero-order chi connectivity index (χ0) is 14.6. The number of nitrogens with one attached hydrogen (secondary N) is 1. The van der Waals surface area contributed by atoms with Crippen LogP contribution in [0.5, 0.6) is 0 Å². The number of anilines is 2. The van der Waals surface area contributed by atoms with Gasteiger partial charge in [0.1, 0.15) is 17.2 Å². The first kappa shape index (κ1) is 13.6. The van der Waals surface area contributed by atoms with Gasteiger partial charge in [-0.1, -0.05) is 11.6 Å². The molecule has 0 saturated heterocycles. The van der Waals surface area contributed by atoms with E-state index in [1.165, 1.54) is 44.9 Å². The highest BCUT2D eigenvalue weighted by Gasteiger charge is 2.53. The zero-order valence-corrected chi connectivity index (χ0v) is 13.2. The van der Waals surface area contributed by atoms with Gasteiger partial charge in [0.05, 0.1) is 0 Å². The number of nitrogens with two attached hydrogens (primary N) is 1. The minimum atomic E-state index is 0.354. The first-order valence-electron chi connectivity index (χ1n) is 8.08. The second-order valence-electron chi connectivity index (χ2n) is 7.57. The Morgan fingerprint density at radius 3 is 2.33 bits per heavy atom. The van der Waals surface area contributed by atoms with Crippen molar-refractivity contribution in [3.63, 3.8) is 0 Å². The van der Waals surface area contributed by atoms with Gasteiger partial charge in [-0.25, -0.2) is 9.97 Å². The number of aromatic nitrogens is 2. The van der Waals surface area contributed by atoms with Crippen molar-refractivity contribution in [3.05, 3.63) is 11.3 Å². The molecule has 1 aromatic rings. The molecule has 0 radical (unpaired) electrons. The van der Waals surface area contributed by atoms with E-state index in [2.05, 4.69) is 22.2 Å². The molecule has 21 heavy (non-hydrogen) atoms. The predicted molar refractivity (Wildman–Crippen MR) is 85.1 cm³/mol. The maximum absolute atomic E-state index is 6.23. The lowest BCUT2D eigenvalue weighted by Gasteiger charge is -2.59. The van der Waals surface area contributed by atoms with Crippen molar-refractivity contribution >= 4 is 23.2 Å². The lowest BCUT2D eigenvalue weighted by atomic mass is 9.48. The standard InChI is InChI=1S/C16H23ClN4/c1-9(21-15-13(17)14(18)19-8-20-15)16-5-10-2-11(6-16)4-12(3-10)7-16/h8-12H,2-7H2,1H3,(H3,18,19,20,21). The van der Waals surface area contributed by atoms with Gasteiger partial charge in [-0.15, -0.1) is 0 Å². The van der Waals surface area contributed by atoms with Gasteiger partial charge in [-0.2, -0.15) is 0 Å². The van der Waals surface area contributed by atoms with E-state index in [1.807, 2.05) is 0 Å². The molecule has 0 amide bonds. The average molecular weight is 307 g/mol. The highest BCUT2D eigenvalue weighted by Crippen LogP contribution is 2.61. The third-order valence-electron chi connectivity index (χ3n) is 6.17. The van der Waals surface area contributed by atoms with Crippen LogP contribution in [0, 0.1) is 23.2 Å². The summed E-state index contributed by atoms with van der Waals surface area (Å²) in [5, 5.41) is 4.00. The van der Waals surface area contributed by atoms with Gasteiger partial charge >= 0.3 is 0 Å². The smallest absolute Gasteiger partial charge is 0.150 e. The van der Waals surface area contributed by atoms with Crippen molar-refractivity contribution in [2.45, 2.75) is 51.5 Å². The molecule has 4 nitrogen and oxygen atoms in total. The first-order chi connectivity index (χ1) is 10.1. The summed E-state index contributed by atoms with van der Waals surface area (Å²) in [6.45, 7) is 2.29. The Morgan fingerprint density at radius 1 is 1.19 bits per heavy atom. The van der Waals surface area contributed by atoms with Crippen molar-refractivity contribution in [1.82, 2.24) is 9.97 Å². The molecule has 4 aliphatic rings. The quantitative estimate of drug-likeness (QED) is 0.893. The number of hydrogen-bond acceptors (Lipinski definition) is 4. The van der Waals surface area contributed by atoms with Gasteiger partial charge in [0, 0.05) is 6.04 Å². The highest BCUT2D eigenvalue weighted by atomic mass is 35.5. The second-order valence-corrected chi connectivity index (χ2v) is 7.95. The summed E-state index contributed by atoms with van der Waals surface area (Å²) >= 11 is 6.23. The molecule has 4 fully saturated rings. The molecule has 1 heterocycles. The fraction of sp³-hybridized carbons (Fsp3) is 0.750. The molecular formula is C16H23ClN4. The Labute approximate surface area is 130 Å². The molecule has 3 N–H and O–H groups in total. The van der Waals surface area contributed by atoms with Crippen LogP contribution in [0.2, 0.25) is 5.02 Å². The summed E-state index contributed by atoms with van der Waals surface area (Å²) in [6.07, 6.45) is 9.98. The predicted octanol–water partition coefficient (Wildman–Crippen LogP) is 3.73. The summed E-state index contributed by atoms with van der Waals surface area (Å²) in [5.41, 5.74) is 6.21. The van der Waals surface area contributed by atoms with E-state index >= 15 is 0 Å². The Hall–Kier alpha value is -1.03. The van der Waals surface area contributed by atoms with Crippen molar-refractivity contribution < 1.29 is 0 Å². The molecule has 5 rings (SSSR count). The molecule has 1 unspecified atom stereocenters. The summed E-state index contributed by atoms with van der Waals surface area (Å²) in [7, 11) is 0. The molecule has 0 aliphatic heterocycles. The second kappa shape index (κ2) is 4.73. The van der Waals surface area contributed by atoms with Gasteiger partial charge in [0.2, 0.25) is 0 Å². The first-order valence-corrected chi connectivity index (χ1v) is 8.46. The molecule has 4 bridgehead atoms. The van der Waals surface area contributed by atoms with Crippen LogP contribution >= 0.6 is 11.6 Å². The number of nitrogens with zero attached hydrogens (tertiary/aromatic N) is 2. The van der Waals surface area contributed by atoms with E-state index in [0.717, 1.165) is 17.8 Å². The van der Waals surface area contributed by atoms with Crippen LogP contribution in [0.15, 0.2) is 6.33 Å². The SMILES string of the molecule is CC(Nc1ncnc(N)c1Cl)C12CC3CC(CC(C3)C1)C2. The molecule has 4 aliphatic carbocycles. The average Bonchev–Trinajstić information content (AvgIpc) is 2.42. The van der Waals surface area contributed by atoms with Crippen LogP contribution in [0.4, 0.5) is 11.6 Å². The normalized spacial score (nSPS) is 38.5. The monoisotopic (exact) mass is 306 g/mol. The summed E-state index contributed by atoms with van der Waals surface area (Å²) < 4.78 is 0. The molecule has 5 heteroatoms. The van der Waals surface area contributed by atoms with E-state index in [0.29, 0.717) is 28.1 Å². The summed E-state index contributed by atoms with van der Waals surface area (Å²) in [5.74, 6) is 3.89. The number of rotatable bonds is 3. The molecular weight excluding hydrogens is 284 g/mol. The van der Waals surface area contributed by atoms with Crippen molar-refractivity contribution in [2.75, 3.05) is 11.1 Å². The third kappa shape index (κ3) is 2.19. The van der Waals surface area contributed by atoms with E-state index in [1.54, 1.807) is 0 Å². The largest absolute Gasteiger partial charge is 0.382 e. The molecule has 114 valence electrons. The van der Waals surface area contributed by atoms with E-state index in [4.69, 9.17) is 17.3 Å². The van der Waals surface area contributed by atoms with Gasteiger partial charge < -0.3 is 11.1 Å².